The first kappa shape index (κ1) is 16.0. The van der Waals surface area contributed by atoms with Crippen LogP contribution in [0, 0.1) is 5.41 Å². The van der Waals surface area contributed by atoms with Gasteiger partial charge >= 0.3 is 5.97 Å². The number of piperidine rings is 1. The number of likely N-dealkylation sites (tertiary alicyclic amines) is 1. The number of carbonyl (C=O) groups excluding carboxylic acids is 1. The normalized spacial score (nSPS) is 21.8. The lowest BCUT2D eigenvalue weighted by Crippen LogP contribution is -2.53. The number of ether oxygens (including phenoxy) is 1. The summed E-state index contributed by atoms with van der Waals surface area (Å²) >= 11 is 0. The maximum atomic E-state index is 12.4. The Morgan fingerprint density at radius 2 is 1.84 bits per heavy atom. The first-order valence-corrected chi connectivity index (χ1v) is 6.93. The quantitative estimate of drug-likeness (QED) is 0.829. The second-order valence-electron chi connectivity index (χ2n) is 5.52. The Labute approximate surface area is 114 Å². The van der Waals surface area contributed by atoms with Gasteiger partial charge in [0.05, 0.1) is 5.41 Å². The monoisotopic (exact) mass is 271 g/mol. The van der Waals surface area contributed by atoms with Crippen LogP contribution in [0.2, 0.25) is 0 Å². The van der Waals surface area contributed by atoms with E-state index in [1.165, 1.54) is 0 Å². The average molecular weight is 271 g/mol. The minimum absolute atomic E-state index is 0.0346. The zero-order valence-electron chi connectivity index (χ0n) is 12.4. The Kier molecular flexibility index (Phi) is 4.96. The van der Waals surface area contributed by atoms with Crippen LogP contribution in [0.4, 0.5) is 0 Å². The number of hydrogen-bond acceptors (Lipinski definition) is 3. The summed E-state index contributed by atoms with van der Waals surface area (Å²) in [5.74, 6) is -0.778. The Morgan fingerprint density at radius 3 is 2.16 bits per heavy atom. The van der Waals surface area contributed by atoms with Crippen molar-refractivity contribution in [2.45, 2.75) is 52.1 Å². The number of nitrogens with zero attached hydrogens (tertiary/aromatic N) is 1. The van der Waals surface area contributed by atoms with Crippen molar-refractivity contribution in [3.05, 3.63) is 0 Å². The summed E-state index contributed by atoms with van der Waals surface area (Å²) in [4.78, 5) is 25.5. The van der Waals surface area contributed by atoms with Crippen molar-refractivity contribution in [2.24, 2.45) is 5.41 Å². The predicted octanol–water partition coefficient (Wildman–Crippen LogP) is 1.90. The molecule has 110 valence electrons. The van der Waals surface area contributed by atoms with Crippen molar-refractivity contribution in [1.82, 2.24) is 4.90 Å². The van der Waals surface area contributed by atoms with Crippen LogP contribution in [-0.2, 0) is 14.3 Å². The molecule has 1 rings (SSSR count). The molecule has 0 radical (unpaired) electrons. The van der Waals surface area contributed by atoms with E-state index in [1.807, 2.05) is 13.8 Å². The van der Waals surface area contributed by atoms with E-state index in [-0.39, 0.29) is 5.91 Å². The zero-order valence-corrected chi connectivity index (χ0v) is 12.4. The van der Waals surface area contributed by atoms with Gasteiger partial charge in [0.15, 0.2) is 0 Å². The first-order chi connectivity index (χ1) is 8.85. The molecule has 0 aromatic carbocycles. The fourth-order valence-electron chi connectivity index (χ4n) is 2.57. The lowest BCUT2D eigenvalue weighted by molar-refractivity contribution is -0.162. The number of carbonyl (C=O) groups is 2. The Morgan fingerprint density at radius 1 is 1.32 bits per heavy atom. The maximum Gasteiger partial charge on any atom is 0.309 e. The second-order valence-corrected chi connectivity index (χ2v) is 5.52. The zero-order chi connectivity index (χ0) is 14.7. The van der Waals surface area contributed by atoms with Crippen molar-refractivity contribution in [3.8, 4) is 0 Å². The van der Waals surface area contributed by atoms with Crippen LogP contribution in [0.3, 0.4) is 0 Å². The van der Waals surface area contributed by atoms with Gasteiger partial charge < -0.3 is 14.7 Å². The average Bonchev–Trinajstić information content (AvgIpc) is 2.45. The van der Waals surface area contributed by atoms with Crippen molar-refractivity contribution in [3.63, 3.8) is 0 Å². The van der Waals surface area contributed by atoms with Gasteiger partial charge in [-0.2, -0.15) is 0 Å². The summed E-state index contributed by atoms with van der Waals surface area (Å²) in [6.45, 7) is 6.60. The molecule has 19 heavy (non-hydrogen) atoms. The Hall–Kier alpha value is -1.10. The topological polar surface area (TPSA) is 66.8 Å². The molecule has 0 aromatic heterocycles. The Bertz CT molecular complexity index is 341. The fourth-order valence-corrected chi connectivity index (χ4v) is 2.57. The van der Waals surface area contributed by atoms with Crippen LogP contribution in [0.15, 0.2) is 0 Å². The third-order valence-electron chi connectivity index (χ3n) is 4.72. The molecule has 1 N–H and O–H groups in total. The minimum Gasteiger partial charge on any atom is -0.481 e. The van der Waals surface area contributed by atoms with Gasteiger partial charge in [0.25, 0.3) is 5.91 Å². The molecule has 5 nitrogen and oxygen atoms in total. The Balaban J connectivity index is 2.73. The van der Waals surface area contributed by atoms with Gasteiger partial charge in [-0.05, 0) is 32.6 Å². The van der Waals surface area contributed by atoms with Crippen molar-refractivity contribution in [1.29, 1.82) is 0 Å². The van der Waals surface area contributed by atoms with Gasteiger partial charge in [-0.3, -0.25) is 9.59 Å². The number of hydrogen-bond donors (Lipinski definition) is 1. The summed E-state index contributed by atoms with van der Waals surface area (Å²) in [7, 11) is 1.54. The highest BCUT2D eigenvalue weighted by Crippen LogP contribution is 2.36. The predicted molar refractivity (Wildman–Crippen MR) is 71.9 cm³/mol. The minimum atomic E-state index is -0.796. The summed E-state index contributed by atoms with van der Waals surface area (Å²) in [5.41, 5.74) is -1.46. The van der Waals surface area contributed by atoms with Crippen LogP contribution < -0.4 is 0 Å². The smallest absolute Gasteiger partial charge is 0.309 e. The maximum absolute atomic E-state index is 12.4. The molecule has 1 aliphatic rings. The number of aliphatic carboxylic acids is 1. The van der Waals surface area contributed by atoms with Crippen molar-refractivity contribution in [2.75, 3.05) is 20.2 Å². The highest BCUT2D eigenvalue weighted by molar-refractivity contribution is 5.85. The van der Waals surface area contributed by atoms with Gasteiger partial charge in [-0.1, -0.05) is 13.8 Å². The standard InChI is InChI=1S/C14H25NO4/c1-5-13(3,19-4)11(16)15-9-7-14(6-2,8-10-15)12(17)18/h5-10H2,1-4H3,(H,17,18). The van der Waals surface area contributed by atoms with Gasteiger partial charge in [-0.15, -0.1) is 0 Å². The van der Waals surface area contributed by atoms with Crippen LogP contribution in [0.1, 0.15) is 46.5 Å². The molecule has 1 fully saturated rings. The molecule has 0 bridgehead atoms. The molecule has 1 unspecified atom stereocenters. The van der Waals surface area contributed by atoms with Gasteiger partial charge in [0, 0.05) is 20.2 Å². The number of rotatable bonds is 5. The highest BCUT2D eigenvalue weighted by Gasteiger charge is 2.43. The molecule has 1 aliphatic heterocycles. The first-order valence-electron chi connectivity index (χ1n) is 6.93. The molecular weight excluding hydrogens is 246 g/mol. The third kappa shape index (κ3) is 2.91. The summed E-state index contributed by atoms with van der Waals surface area (Å²) in [6.07, 6.45) is 2.26. The molecule has 0 saturated carbocycles. The molecule has 5 heteroatoms. The van der Waals surface area contributed by atoms with Crippen LogP contribution in [-0.4, -0.2) is 47.7 Å². The van der Waals surface area contributed by atoms with E-state index in [2.05, 4.69) is 0 Å². The van der Waals surface area contributed by atoms with Gasteiger partial charge in [-0.25, -0.2) is 0 Å². The summed E-state index contributed by atoms with van der Waals surface area (Å²) < 4.78 is 5.32. The molecule has 1 amide bonds. The molecule has 1 atom stereocenters. The molecule has 1 saturated heterocycles. The van der Waals surface area contributed by atoms with E-state index in [0.29, 0.717) is 38.8 Å². The van der Waals surface area contributed by atoms with Crippen molar-refractivity contribution < 1.29 is 19.4 Å². The largest absolute Gasteiger partial charge is 0.481 e. The van der Waals surface area contributed by atoms with Crippen LogP contribution in [0.5, 0.6) is 0 Å². The van der Waals surface area contributed by atoms with Crippen LogP contribution >= 0.6 is 0 Å². The van der Waals surface area contributed by atoms with E-state index in [1.54, 1.807) is 18.9 Å². The molecule has 0 aliphatic carbocycles. The van der Waals surface area contributed by atoms with E-state index >= 15 is 0 Å². The van der Waals surface area contributed by atoms with Gasteiger partial charge in [0.1, 0.15) is 5.60 Å². The summed E-state index contributed by atoms with van der Waals surface area (Å²) in [5, 5.41) is 9.34. The van der Waals surface area contributed by atoms with Crippen LogP contribution in [0.25, 0.3) is 0 Å². The number of methoxy groups -OCH3 is 1. The van der Waals surface area contributed by atoms with Crippen molar-refractivity contribution >= 4 is 11.9 Å². The molecule has 0 aromatic rings. The fraction of sp³-hybridized carbons (Fsp3) is 0.857. The molecular formula is C14H25NO4. The van der Waals surface area contributed by atoms with Gasteiger partial charge in [0.2, 0.25) is 0 Å². The number of carboxylic acid groups (broad SMARTS) is 1. The molecule has 1 heterocycles. The second kappa shape index (κ2) is 5.90. The third-order valence-corrected chi connectivity index (χ3v) is 4.72. The number of amides is 1. The van der Waals surface area contributed by atoms with E-state index in [0.717, 1.165) is 0 Å². The summed E-state index contributed by atoms with van der Waals surface area (Å²) in [6, 6.07) is 0. The SMILES string of the molecule is CCC1(C(=O)O)CCN(C(=O)C(C)(CC)OC)CC1. The van der Waals surface area contributed by atoms with E-state index in [4.69, 9.17) is 4.74 Å². The van der Waals surface area contributed by atoms with E-state index in [9.17, 15) is 14.7 Å². The lowest BCUT2D eigenvalue weighted by Gasteiger charge is -2.41. The number of carboxylic acids is 1. The highest BCUT2D eigenvalue weighted by atomic mass is 16.5. The van der Waals surface area contributed by atoms with E-state index < -0.39 is 17.0 Å². The molecule has 0 spiro atoms. The lowest BCUT2D eigenvalue weighted by atomic mass is 9.76.